The second-order valence-electron chi connectivity index (χ2n) is 12.9. The Hall–Kier alpha value is -1.32. The number of allylic oxidation sites excluding steroid dienone is 2. The number of hydrogen-bond acceptors (Lipinski definition) is 2. The lowest BCUT2D eigenvalue weighted by molar-refractivity contribution is -0.142. The SMILES string of the molecule is CCCCCCCCCCCCCCCCCC(=O)NCCCCCCCC/C=C\CCCCCCC(CC)C(=O)O. The van der Waals surface area contributed by atoms with Gasteiger partial charge in [0.1, 0.15) is 0 Å². The number of carbonyl (C=O) groups excluding carboxylic acids is 1. The number of carbonyl (C=O) groups is 2. The van der Waals surface area contributed by atoms with Crippen LogP contribution in [0.3, 0.4) is 0 Å². The molecule has 0 radical (unpaired) electrons. The van der Waals surface area contributed by atoms with Crippen molar-refractivity contribution < 1.29 is 14.7 Å². The van der Waals surface area contributed by atoms with Crippen LogP contribution < -0.4 is 5.32 Å². The van der Waals surface area contributed by atoms with E-state index >= 15 is 0 Å². The quantitative estimate of drug-likeness (QED) is 0.0577. The van der Waals surface area contributed by atoms with Crippen molar-refractivity contribution in [1.82, 2.24) is 5.32 Å². The van der Waals surface area contributed by atoms with Crippen molar-refractivity contribution in [3.8, 4) is 0 Å². The summed E-state index contributed by atoms with van der Waals surface area (Å²) in [5.74, 6) is -0.534. The Kier molecular flexibility index (Phi) is 33.1. The zero-order valence-corrected chi connectivity index (χ0v) is 28.4. The zero-order chi connectivity index (χ0) is 30.8. The fraction of sp³-hybridized carbons (Fsp3) is 0.895. The number of unbranched alkanes of at least 4 members (excludes halogenated alkanes) is 24. The van der Waals surface area contributed by atoms with Crippen molar-refractivity contribution in [2.75, 3.05) is 6.54 Å². The molecule has 0 saturated carbocycles. The van der Waals surface area contributed by atoms with Crippen LogP contribution in [0.25, 0.3) is 0 Å². The molecule has 4 nitrogen and oxygen atoms in total. The Labute approximate surface area is 262 Å². The molecule has 0 aromatic rings. The van der Waals surface area contributed by atoms with Gasteiger partial charge in [-0.25, -0.2) is 0 Å². The molecule has 0 heterocycles. The maximum atomic E-state index is 12.0. The first kappa shape index (κ1) is 40.7. The molecule has 0 saturated heterocycles. The predicted octanol–water partition coefficient (Wildman–Crippen LogP) is 12.1. The number of carboxylic acid groups (broad SMARTS) is 1. The third-order valence-corrected chi connectivity index (χ3v) is 8.81. The number of hydrogen-bond donors (Lipinski definition) is 2. The molecule has 0 spiro atoms. The molecule has 0 bridgehead atoms. The molecular formula is C38H73NO3. The fourth-order valence-corrected chi connectivity index (χ4v) is 5.81. The Bertz CT molecular complexity index is 603. The summed E-state index contributed by atoms with van der Waals surface area (Å²) in [6, 6.07) is 0. The van der Waals surface area contributed by atoms with Crippen LogP contribution in [0.4, 0.5) is 0 Å². The molecule has 2 N–H and O–H groups in total. The van der Waals surface area contributed by atoms with Crippen molar-refractivity contribution in [2.45, 2.75) is 206 Å². The van der Waals surface area contributed by atoms with E-state index < -0.39 is 5.97 Å². The van der Waals surface area contributed by atoms with Crippen LogP contribution in [-0.4, -0.2) is 23.5 Å². The van der Waals surface area contributed by atoms with Gasteiger partial charge in [-0.2, -0.15) is 0 Å². The summed E-state index contributed by atoms with van der Waals surface area (Å²) in [4.78, 5) is 23.1. The molecule has 1 amide bonds. The van der Waals surface area contributed by atoms with E-state index in [9.17, 15) is 9.59 Å². The van der Waals surface area contributed by atoms with Crippen LogP contribution in [0.2, 0.25) is 0 Å². The molecule has 248 valence electrons. The molecule has 0 aromatic heterocycles. The van der Waals surface area contributed by atoms with E-state index in [-0.39, 0.29) is 11.8 Å². The van der Waals surface area contributed by atoms with Crippen molar-refractivity contribution >= 4 is 11.9 Å². The van der Waals surface area contributed by atoms with Crippen LogP contribution in [0.15, 0.2) is 12.2 Å². The van der Waals surface area contributed by atoms with Gasteiger partial charge in [-0.3, -0.25) is 9.59 Å². The summed E-state index contributed by atoms with van der Waals surface area (Å²) >= 11 is 0. The Morgan fingerprint density at radius 3 is 1.40 bits per heavy atom. The van der Waals surface area contributed by atoms with Gasteiger partial charge in [0.15, 0.2) is 0 Å². The highest BCUT2D eigenvalue weighted by Gasteiger charge is 2.13. The van der Waals surface area contributed by atoms with E-state index in [1.807, 2.05) is 6.92 Å². The number of carboxylic acids is 1. The van der Waals surface area contributed by atoms with Crippen LogP contribution >= 0.6 is 0 Å². The number of nitrogens with one attached hydrogen (secondary N) is 1. The summed E-state index contributed by atoms with van der Waals surface area (Å²) in [6.45, 7) is 5.10. The minimum absolute atomic E-state index is 0.149. The van der Waals surface area contributed by atoms with Crippen molar-refractivity contribution in [3.63, 3.8) is 0 Å². The van der Waals surface area contributed by atoms with E-state index in [1.165, 1.54) is 141 Å². The Morgan fingerprint density at radius 1 is 0.548 bits per heavy atom. The van der Waals surface area contributed by atoms with E-state index in [2.05, 4.69) is 24.4 Å². The monoisotopic (exact) mass is 592 g/mol. The molecule has 0 aliphatic rings. The molecule has 42 heavy (non-hydrogen) atoms. The van der Waals surface area contributed by atoms with Crippen LogP contribution in [-0.2, 0) is 9.59 Å². The lowest BCUT2D eigenvalue weighted by Crippen LogP contribution is -2.23. The largest absolute Gasteiger partial charge is 0.481 e. The number of aliphatic carboxylic acids is 1. The summed E-state index contributed by atoms with van der Waals surface area (Å²) in [7, 11) is 0. The van der Waals surface area contributed by atoms with Crippen LogP contribution in [0, 0.1) is 5.92 Å². The van der Waals surface area contributed by atoms with Crippen molar-refractivity contribution in [2.24, 2.45) is 5.92 Å². The van der Waals surface area contributed by atoms with Gasteiger partial charge < -0.3 is 10.4 Å². The minimum Gasteiger partial charge on any atom is -0.481 e. The third kappa shape index (κ3) is 31.6. The first-order chi connectivity index (χ1) is 20.6. The Morgan fingerprint density at radius 2 is 0.952 bits per heavy atom. The second kappa shape index (κ2) is 34.2. The normalized spacial score (nSPS) is 12.2. The number of amides is 1. The molecule has 0 rings (SSSR count). The lowest BCUT2D eigenvalue weighted by Gasteiger charge is -2.08. The lowest BCUT2D eigenvalue weighted by atomic mass is 9.98. The van der Waals surface area contributed by atoms with Gasteiger partial charge in [-0.15, -0.1) is 0 Å². The topological polar surface area (TPSA) is 66.4 Å². The summed E-state index contributed by atoms with van der Waals surface area (Å²) in [5, 5.41) is 12.2. The zero-order valence-electron chi connectivity index (χ0n) is 28.4. The molecule has 1 unspecified atom stereocenters. The van der Waals surface area contributed by atoms with Gasteiger partial charge in [0.2, 0.25) is 5.91 Å². The summed E-state index contributed by atoms with van der Waals surface area (Å²) < 4.78 is 0. The molecule has 0 aliphatic heterocycles. The highest BCUT2D eigenvalue weighted by atomic mass is 16.4. The summed E-state index contributed by atoms with van der Waals surface area (Å²) in [5.41, 5.74) is 0. The van der Waals surface area contributed by atoms with E-state index in [4.69, 9.17) is 5.11 Å². The molecule has 1 atom stereocenters. The standard InChI is InChI=1S/C38H73NO3/c1-3-5-6-7-8-9-10-11-12-16-19-22-25-28-31-34-37(40)39-35-32-29-26-23-20-17-14-13-15-18-21-24-27-30-33-36(4-2)38(41)42/h13,15,36H,3-12,14,16-35H2,1-2H3,(H,39,40)(H,41,42)/b15-13-. The molecular weight excluding hydrogens is 518 g/mol. The number of rotatable bonds is 34. The van der Waals surface area contributed by atoms with E-state index in [1.54, 1.807) is 0 Å². The average molecular weight is 592 g/mol. The van der Waals surface area contributed by atoms with Gasteiger partial charge in [0.05, 0.1) is 5.92 Å². The van der Waals surface area contributed by atoms with Gasteiger partial charge in [0, 0.05) is 13.0 Å². The van der Waals surface area contributed by atoms with Gasteiger partial charge >= 0.3 is 5.97 Å². The highest BCUT2D eigenvalue weighted by molar-refractivity contribution is 5.75. The predicted molar refractivity (Wildman–Crippen MR) is 183 cm³/mol. The first-order valence-electron chi connectivity index (χ1n) is 18.8. The van der Waals surface area contributed by atoms with Crippen LogP contribution in [0.1, 0.15) is 206 Å². The van der Waals surface area contributed by atoms with Crippen LogP contribution in [0.5, 0.6) is 0 Å². The van der Waals surface area contributed by atoms with Crippen molar-refractivity contribution in [1.29, 1.82) is 0 Å². The maximum absolute atomic E-state index is 12.0. The molecule has 0 aliphatic carbocycles. The second-order valence-corrected chi connectivity index (χ2v) is 12.9. The molecule has 0 aromatic carbocycles. The van der Waals surface area contributed by atoms with Gasteiger partial charge in [-0.05, 0) is 51.4 Å². The van der Waals surface area contributed by atoms with E-state index in [0.29, 0.717) is 6.42 Å². The smallest absolute Gasteiger partial charge is 0.306 e. The first-order valence-corrected chi connectivity index (χ1v) is 18.8. The molecule has 0 fully saturated rings. The minimum atomic E-state index is -0.634. The summed E-state index contributed by atoms with van der Waals surface area (Å²) in [6.07, 6.45) is 41.8. The third-order valence-electron chi connectivity index (χ3n) is 8.81. The van der Waals surface area contributed by atoms with Gasteiger partial charge in [0.25, 0.3) is 0 Å². The van der Waals surface area contributed by atoms with E-state index in [0.717, 1.165) is 51.5 Å². The molecule has 4 heteroatoms. The maximum Gasteiger partial charge on any atom is 0.306 e. The van der Waals surface area contributed by atoms with Crippen molar-refractivity contribution in [3.05, 3.63) is 12.2 Å². The Balaban J connectivity index is 3.25. The average Bonchev–Trinajstić information content (AvgIpc) is 2.98. The fourth-order valence-electron chi connectivity index (χ4n) is 5.81. The van der Waals surface area contributed by atoms with Gasteiger partial charge in [-0.1, -0.05) is 161 Å². The highest BCUT2D eigenvalue weighted by Crippen LogP contribution is 2.16.